The number of amides is 1. The monoisotopic (exact) mass is 409 g/mol. The van der Waals surface area contributed by atoms with E-state index in [1.165, 1.54) is 0 Å². The van der Waals surface area contributed by atoms with Gasteiger partial charge in [-0.3, -0.25) is 4.79 Å². The second-order valence-electron chi connectivity index (χ2n) is 6.34. The molecule has 1 heterocycles. The second kappa shape index (κ2) is 8.72. The van der Waals surface area contributed by atoms with E-state index in [2.05, 4.69) is 0 Å². The van der Waals surface area contributed by atoms with E-state index in [0.29, 0.717) is 47.1 Å². The maximum absolute atomic E-state index is 12.7. The molecule has 0 N–H and O–H groups in total. The first kappa shape index (κ1) is 19.6. The lowest BCUT2D eigenvalue weighted by molar-refractivity contribution is -0.129. The molecule has 1 amide bonds. The summed E-state index contributed by atoms with van der Waals surface area (Å²) in [5, 5.41) is 1.05. The van der Waals surface area contributed by atoms with Crippen molar-refractivity contribution in [1.82, 2.24) is 4.90 Å². The topological polar surface area (TPSA) is 48.0 Å². The quantitative estimate of drug-likeness (QED) is 0.735. The number of nitrogens with zero attached hydrogens (tertiary/aromatic N) is 1. The van der Waals surface area contributed by atoms with Crippen LogP contribution in [0.3, 0.4) is 0 Å². The second-order valence-corrected chi connectivity index (χ2v) is 7.18. The van der Waals surface area contributed by atoms with Crippen molar-refractivity contribution >= 4 is 29.1 Å². The van der Waals surface area contributed by atoms with Crippen LogP contribution in [0.5, 0.6) is 17.2 Å². The van der Waals surface area contributed by atoms with E-state index in [1.807, 2.05) is 6.07 Å². The number of hydrogen-bond donors (Lipinski definition) is 0. The fraction of sp³-hybridized carbons (Fsp3) is 0.350. The molecule has 0 unspecified atom stereocenters. The van der Waals surface area contributed by atoms with Gasteiger partial charge < -0.3 is 19.1 Å². The van der Waals surface area contributed by atoms with Gasteiger partial charge >= 0.3 is 0 Å². The number of ether oxygens (including phenoxy) is 3. The summed E-state index contributed by atoms with van der Waals surface area (Å²) in [6.07, 6.45) is 0.999. The van der Waals surface area contributed by atoms with Gasteiger partial charge in [0.05, 0.1) is 31.8 Å². The van der Waals surface area contributed by atoms with Gasteiger partial charge in [0.1, 0.15) is 5.75 Å². The predicted octanol–water partition coefficient (Wildman–Crippen LogP) is 4.36. The van der Waals surface area contributed by atoms with E-state index >= 15 is 0 Å². The zero-order valence-corrected chi connectivity index (χ0v) is 16.8. The zero-order valence-electron chi connectivity index (χ0n) is 15.3. The molecule has 144 valence electrons. The Labute approximate surface area is 168 Å². The summed E-state index contributed by atoms with van der Waals surface area (Å²) in [4.78, 5) is 14.3. The smallest absolute Gasteiger partial charge is 0.227 e. The minimum absolute atomic E-state index is 0.0532. The van der Waals surface area contributed by atoms with Crippen molar-refractivity contribution in [2.75, 3.05) is 27.4 Å². The normalized spacial score (nSPS) is 13.0. The Morgan fingerprint density at radius 3 is 2.74 bits per heavy atom. The molecule has 0 spiro atoms. The van der Waals surface area contributed by atoms with Crippen LogP contribution < -0.4 is 14.2 Å². The van der Waals surface area contributed by atoms with Crippen LogP contribution in [0.15, 0.2) is 30.3 Å². The van der Waals surface area contributed by atoms with Crippen molar-refractivity contribution in [1.29, 1.82) is 0 Å². The van der Waals surface area contributed by atoms with Gasteiger partial charge in [-0.05, 0) is 35.9 Å². The van der Waals surface area contributed by atoms with Crippen LogP contribution in [-0.2, 0) is 17.8 Å². The lowest BCUT2D eigenvalue weighted by Gasteiger charge is -2.19. The molecule has 0 aromatic heterocycles. The van der Waals surface area contributed by atoms with Crippen molar-refractivity contribution in [2.24, 2.45) is 0 Å². The molecule has 0 saturated heterocycles. The highest BCUT2D eigenvalue weighted by Crippen LogP contribution is 2.38. The third-order valence-corrected chi connectivity index (χ3v) is 4.81. The zero-order chi connectivity index (χ0) is 19.4. The predicted molar refractivity (Wildman–Crippen MR) is 105 cm³/mol. The molecule has 0 atom stereocenters. The van der Waals surface area contributed by atoms with Gasteiger partial charge in [-0.2, -0.15) is 0 Å². The number of likely N-dealkylation sites (N-methyl/N-ethyl adjacent to an activating group) is 1. The molecular formula is C20H21Cl2NO4. The van der Waals surface area contributed by atoms with Crippen molar-refractivity contribution < 1.29 is 19.0 Å². The van der Waals surface area contributed by atoms with Gasteiger partial charge in [-0.25, -0.2) is 0 Å². The maximum Gasteiger partial charge on any atom is 0.227 e. The molecule has 2 aromatic carbocycles. The Morgan fingerprint density at radius 2 is 1.96 bits per heavy atom. The van der Waals surface area contributed by atoms with E-state index in [9.17, 15) is 4.79 Å². The van der Waals surface area contributed by atoms with Gasteiger partial charge in [0.25, 0.3) is 0 Å². The minimum Gasteiger partial charge on any atom is -0.496 e. The van der Waals surface area contributed by atoms with Gasteiger partial charge in [0, 0.05) is 30.6 Å². The van der Waals surface area contributed by atoms with E-state index in [1.54, 1.807) is 43.3 Å². The third kappa shape index (κ3) is 4.79. The standard InChI is InChI=1S/C20H21Cl2NO4/c1-23(12-14-11-15(21)4-5-17(14)25-2)19(24)10-13-8-16(22)20-18(9-13)26-6-3-7-27-20/h4-5,8-9,11H,3,6-7,10,12H2,1-2H3. The van der Waals surface area contributed by atoms with E-state index in [0.717, 1.165) is 17.5 Å². The number of fused-ring (bicyclic) bond motifs is 1. The average molecular weight is 410 g/mol. The molecule has 5 nitrogen and oxygen atoms in total. The molecule has 27 heavy (non-hydrogen) atoms. The first-order chi connectivity index (χ1) is 13.0. The molecule has 0 radical (unpaired) electrons. The summed E-state index contributed by atoms with van der Waals surface area (Å²) >= 11 is 12.4. The van der Waals surface area contributed by atoms with Crippen LogP contribution in [0.1, 0.15) is 17.5 Å². The summed E-state index contributed by atoms with van der Waals surface area (Å²) in [5.41, 5.74) is 1.62. The minimum atomic E-state index is -0.0532. The van der Waals surface area contributed by atoms with Crippen LogP contribution in [0.4, 0.5) is 0 Å². The first-order valence-electron chi connectivity index (χ1n) is 8.62. The van der Waals surface area contributed by atoms with Crippen molar-refractivity contribution in [2.45, 2.75) is 19.4 Å². The Morgan fingerprint density at radius 1 is 1.19 bits per heavy atom. The summed E-state index contributed by atoms with van der Waals surface area (Å²) < 4.78 is 16.7. The first-order valence-corrected chi connectivity index (χ1v) is 9.38. The Balaban J connectivity index is 1.73. The summed E-state index contributed by atoms with van der Waals surface area (Å²) in [5.74, 6) is 1.77. The molecule has 0 saturated carbocycles. The fourth-order valence-electron chi connectivity index (χ4n) is 2.91. The van der Waals surface area contributed by atoms with Crippen LogP contribution >= 0.6 is 23.2 Å². The maximum atomic E-state index is 12.7. The van der Waals surface area contributed by atoms with Crippen molar-refractivity contribution in [3.8, 4) is 17.2 Å². The summed E-state index contributed by atoms with van der Waals surface area (Å²) in [6, 6.07) is 8.92. The lowest BCUT2D eigenvalue weighted by atomic mass is 10.1. The van der Waals surface area contributed by atoms with Crippen LogP contribution in [0.2, 0.25) is 10.0 Å². The van der Waals surface area contributed by atoms with Gasteiger partial charge in [-0.15, -0.1) is 0 Å². The van der Waals surface area contributed by atoms with E-state index in [4.69, 9.17) is 37.4 Å². The molecule has 3 rings (SSSR count). The number of halogens is 2. The molecule has 0 fully saturated rings. The average Bonchev–Trinajstić information content (AvgIpc) is 2.87. The molecule has 7 heteroatoms. The summed E-state index contributed by atoms with van der Waals surface area (Å²) in [6.45, 7) is 1.52. The van der Waals surface area contributed by atoms with Crippen molar-refractivity contribution in [3.63, 3.8) is 0 Å². The SMILES string of the molecule is COc1ccc(Cl)cc1CN(C)C(=O)Cc1cc(Cl)c2c(c1)OCCCO2. The van der Waals surface area contributed by atoms with Crippen LogP contribution in [-0.4, -0.2) is 38.2 Å². The molecule has 1 aliphatic rings. The Kier molecular flexibility index (Phi) is 6.34. The molecule has 2 aromatic rings. The largest absolute Gasteiger partial charge is 0.496 e. The number of benzene rings is 2. The molecule has 0 bridgehead atoms. The number of methoxy groups -OCH3 is 1. The number of rotatable bonds is 5. The van der Waals surface area contributed by atoms with Crippen LogP contribution in [0.25, 0.3) is 0 Å². The van der Waals surface area contributed by atoms with Crippen LogP contribution in [0, 0.1) is 0 Å². The number of carbonyl (C=O) groups excluding carboxylic acids is 1. The highest BCUT2D eigenvalue weighted by Gasteiger charge is 2.18. The number of carbonyl (C=O) groups is 1. The van der Waals surface area contributed by atoms with E-state index < -0.39 is 0 Å². The highest BCUT2D eigenvalue weighted by molar-refractivity contribution is 6.32. The lowest BCUT2D eigenvalue weighted by Crippen LogP contribution is -2.28. The highest BCUT2D eigenvalue weighted by atomic mass is 35.5. The fourth-order valence-corrected chi connectivity index (χ4v) is 3.39. The summed E-state index contributed by atoms with van der Waals surface area (Å²) in [7, 11) is 3.33. The van der Waals surface area contributed by atoms with Crippen molar-refractivity contribution in [3.05, 3.63) is 51.5 Å². The Bertz CT molecular complexity index is 841. The molecule has 0 aliphatic carbocycles. The molecule has 1 aliphatic heterocycles. The van der Waals surface area contributed by atoms with E-state index in [-0.39, 0.29) is 12.3 Å². The van der Waals surface area contributed by atoms with Gasteiger partial charge in [0.15, 0.2) is 11.5 Å². The third-order valence-electron chi connectivity index (χ3n) is 4.29. The number of hydrogen-bond acceptors (Lipinski definition) is 4. The van der Waals surface area contributed by atoms with Gasteiger partial charge in [-0.1, -0.05) is 23.2 Å². The van der Waals surface area contributed by atoms with Gasteiger partial charge in [0.2, 0.25) is 5.91 Å². The Hall–Kier alpha value is -2.11. The molecular weight excluding hydrogens is 389 g/mol.